The number of halogens is 1. The Hall–Kier alpha value is -3.49. The Morgan fingerprint density at radius 2 is 0.935 bits per heavy atom. The molecule has 0 N–H and O–H groups in total. The number of hydrogen-bond donors (Lipinski definition) is 0. The second-order valence-electron chi connectivity index (χ2n) is 8.01. The molecule has 150 valence electrons. The van der Waals surface area contributed by atoms with E-state index in [1.54, 1.807) is 12.1 Å². The second kappa shape index (κ2) is 8.33. The fraction of sp³-hybridized carbons (Fsp3) is 0.0345. The van der Waals surface area contributed by atoms with Crippen LogP contribution in [0.15, 0.2) is 127 Å². The Balaban J connectivity index is 1.75. The van der Waals surface area contributed by atoms with Gasteiger partial charge in [-0.05, 0) is 50.1 Å². The largest absolute Gasteiger partial charge is 0.207 e. The van der Waals surface area contributed by atoms with Crippen LogP contribution in [0.4, 0.5) is 4.39 Å². The monoisotopic (exact) mass is 418 g/mol. The molecule has 0 radical (unpaired) electrons. The predicted molar refractivity (Wildman–Crippen MR) is 132 cm³/mol. The minimum Gasteiger partial charge on any atom is -0.207 e. The van der Waals surface area contributed by atoms with Gasteiger partial charge in [0.05, 0.1) is 0 Å². The molecular formula is C29H23FSi. The fourth-order valence-electron chi connectivity index (χ4n) is 4.66. The summed E-state index contributed by atoms with van der Waals surface area (Å²) in [5, 5.41) is 6.20. The lowest BCUT2D eigenvalue weighted by atomic mass is 10.1. The second-order valence-corrected chi connectivity index (χ2v) is 11.9. The van der Waals surface area contributed by atoms with Gasteiger partial charge in [0.25, 0.3) is 0 Å². The van der Waals surface area contributed by atoms with Crippen LogP contribution in [0.5, 0.6) is 0 Å². The summed E-state index contributed by atoms with van der Waals surface area (Å²) in [5.41, 5.74) is 1.28. The van der Waals surface area contributed by atoms with Crippen molar-refractivity contribution < 1.29 is 4.39 Å². The molecule has 31 heavy (non-hydrogen) atoms. The normalized spacial score (nSPS) is 11.5. The van der Waals surface area contributed by atoms with E-state index >= 15 is 0 Å². The van der Waals surface area contributed by atoms with Gasteiger partial charge in [-0.3, -0.25) is 0 Å². The molecule has 0 spiro atoms. The minimum absolute atomic E-state index is 0.193. The summed E-state index contributed by atoms with van der Waals surface area (Å²) >= 11 is 0. The first-order chi connectivity index (χ1) is 15.3. The van der Waals surface area contributed by atoms with Crippen LogP contribution in [0.2, 0.25) is 0 Å². The molecule has 0 fully saturated rings. The van der Waals surface area contributed by atoms with Gasteiger partial charge in [0.15, 0.2) is 8.07 Å². The molecule has 0 atom stereocenters. The molecule has 2 heteroatoms. The van der Waals surface area contributed by atoms with Gasteiger partial charge in [0, 0.05) is 0 Å². The Morgan fingerprint density at radius 1 is 0.484 bits per heavy atom. The van der Waals surface area contributed by atoms with Gasteiger partial charge >= 0.3 is 0 Å². The molecule has 0 amide bonds. The number of fused-ring (bicyclic) bond motifs is 1. The van der Waals surface area contributed by atoms with Crippen molar-refractivity contribution in [3.8, 4) is 0 Å². The highest BCUT2D eigenvalue weighted by molar-refractivity contribution is 7.11. The van der Waals surface area contributed by atoms with Crippen LogP contribution in [0.25, 0.3) is 10.8 Å². The SMILES string of the molecule is Fc1ccc2cc(C[Si](c3ccccc3)(c3ccccc3)c3ccccc3)ccc2c1. The maximum Gasteiger partial charge on any atom is 0.152 e. The van der Waals surface area contributed by atoms with E-state index in [1.165, 1.54) is 21.1 Å². The van der Waals surface area contributed by atoms with Crippen LogP contribution in [0.3, 0.4) is 0 Å². The van der Waals surface area contributed by atoms with Crippen molar-refractivity contribution in [3.05, 3.63) is 139 Å². The number of rotatable bonds is 5. The summed E-state index contributed by atoms with van der Waals surface area (Å²) in [7, 11) is -2.34. The highest BCUT2D eigenvalue weighted by Gasteiger charge is 2.39. The number of hydrogen-bond acceptors (Lipinski definition) is 0. The first kappa shape index (κ1) is 19.5. The van der Waals surface area contributed by atoms with Crippen LogP contribution < -0.4 is 15.6 Å². The molecule has 0 saturated carbocycles. The molecule has 0 heterocycles. The lowest BCUT2D eigenvalue weighted by Gasteiger charge is -2.34. The molecule has 0 aliphatic carbocycles. The number of benzene rings is 5. The van der Waals surface area contributed by atoms with Crippen molar-refractivity contribution >= 4 is 34.4 Å². The summed E-state index contributed by atoms with van der Waals surface area (Å²) < 4.78 is 13.7. The van der Waals surface area contributed by atoms with Crippen LogP contribution in [-0.2, 0) is 6.04 Å². The maximum absolute atomic E-state index is 13.7. The van der Waals surface area contributed by atoms with E-state index in [1.807, 2.05) is 12.1 Å². The molecule has 0 saturated heterocycles. The molecular weight excluding hydrogens is 395 g/mol. The average Bonchev–Trinajstić information content (AvgIpc) is 2.84. The molecule has 5 rings (SSSR count). The molecule has 0 aromatic heterocycles. The zero-order valence-electron chi connectivity index (χ0n) is 17.2. The predicted octanol–water partition coefficient (Wildman–Crippen LogP) is 5.23. The third-order valence-electron chi connectivity index (χ3n) is 6.14. The Morgan fingerprint density at radius 3 is 1.45 bits per heavy atom. The van der Waals surface area contributed by atoms with Crippen molar-refractivity contribution in [2.45, 2.75) is 6.04 Å². The van der Waals surface area contributed by atoms with Gasteiger partial charge in [-0.1, -0.05) is 115 Å². The fourth-order valence-corrected chi connectivity index (χ4v) is 9.39. The standard InChI is InChI=1S/C29H23FSi/c30-26-19-18-24-20-23(16-17-25(24)21-26)22-31(27-10-4-1-5-11-27,28-12-6-2-7-13-28)29-14-8-3-9-15-29/h1-21H,22H2. The Kier molecular flexibility index (Phi) is 5.23. The van der Waals surface area contributed by atoms with Crippen molar-refractivity contribution in [3.63, 3.8) is 0 Å². The first-order valence-corrected chi connectivity index (χ1v) is 12.8. The third kappa shape index (κ3) is 3.71. The van der Waals surface area contributed by atoms with Crippen LogP contribution in [0.1, 0.15) is 5.56 Å². The van der Waals surface area contributed by atoms with E-state index in [9.17, 15) is 4.39 Å². The highest BCUT2D eigenvalue weighted by Crippen LogP contribution is 2.21. The summed E-state index contributed by atoms with van der Waals surface area (Å²) in [5.74, 6) is -0.193. The molecule has 5 aromatic rings. The lowest BCUT2D eigenvalue weighted by molar-refractivity contribution is 0.630. The summed E-state index contributed by atoms with van der Waals surface area (Å²) in [4.78, 5) is 0. The maximum atomic E-state index is 13.7. The molecule has 0 nitrogen and oxygen atoms in total. The Labute approximate surface area is 183 Å². The summed E-state index contributed by atoms with van der Waals surface area (Å²) in [6.45, 7) is 0. The molecule has 0 unspecified atom stereocenters. The smallest absolute Gasteiger partial charge is 0.152 e. The van der Waals surface area contributed by atoms with Gasteiger partial charge in [-0.15, -0.1) is 0 Å². The topological polar surface area (TPSA) is 0 Å². The van der Waals surface area contributed by atoms with E-state index in [2.05, 4.69) is 103 Å². The van der Waals surface area contributed by atoms with Gasteiger partial charge in [0.2, 0.25) is 0 Å². The van der Waals surface area contributed by atoms with E-state index in [0.717, 1.165) is 16.8 Å². The summed E-state index contributed by atoms with van der Waals surface area (Å²) in [6.07, 6.45) is 0. The van der Waals surface area contributed by atoms with Crippen molar-refractivity contribution in [1.29, 1.82) is 0 Å². The molecule has 0 aliphatic heterocycles. The van der Waals surface area contributed by atoms with Gasteiger partial charge in [-0.25, -0.2) is 4.39 Å². The van der Waals surface area contributed by atoms with Crippen LogP contribution in [0, 0.1) is 5.82 Å². The lowest BCUT2D eigenvalue weighted by Crippen LogP contribution is -2.68. The van der Waals surface area contributed by atoms with Crippen LogP contribution in [-0.4, -0.2) is 8.07 Å². The zero-order valence-corrected chi connectivity index (χ0v) is 18.2. The van der Waals surface area contributed by atoms with Crippen molar-refractivity contribution in [2.75, 3.05) is 0 Å². The molecule has 0 bridgehead atoms. The van der Waals surface area contributed by atoms with E-state index in [0.29, 0.717) is 0 Å². The zero-order chi connectivity index (χ0) is 21.1. The average molecular weight is 419 g/mol. The van der Waals surface area contributed by atoms with Gasteiger partial charge < -0.3 is 0 Å². The summed E-state index contributed by atoms with van der Waals surface area (Å²) in [6, 6.07) is 45.2. The van der Waals surface area contributed by atoms with E-state index in [4.69, 9.17) is 0 Å². The quantitative estimate of drug-likeness (QED) is 0.271. The van der Waals surface area contributed by atoms with Crippen molar-refractivity contribution in [2.24, 2.45) is 0 Å². The van der Waals surface area contributed by atoms with E-state index < -0.39 is 8.07 Å². The first-order valence-electron chi connectivity index (χ1n) is 10.6. The van der Waals surface area contributed by atoms with Crippen molar-refractivity contribution in [1.82, 2.24) is 0 Å². The highest BCUT2D eigenvalue weighted by atomic mass is 28.3. The van der Waals surface area contributed by atoms with Gasteiger partial charge in [-0.2, -0.15) is 0 Å². The molecule has 0 aliphatic rings. The van der Waals surface area contributed by atoms with Gasteiger partial charge in [0.1, 0.15) is 5.82 Å². The van der Waals surface area contributed by atoms with Crippen LogP contribution >= 0.6 is 0 Å². The Bertz CT molecular complexity index is 1200. The third-order valence-corrected chi connectivity index (χ3v) is 11.0. The van der Waals surface area contributed by atoms with E-state index in [-0.39, 0.29) is 5.82 Å². The molecule has 5 aromatic carbocycles. The minimum atomic E-state index is -2.34.